The van der Waals surface area contributed by atoms with Crippen LogP contribution in [0, 0.1) is 5.92 Å². The summed E-state index contributed by atoms with van der Waals surface area (Å²) >= 11 is 0. The molecule has 0 unspecified atom stereocenters. The average molecular weight is 307 g/mol. The minimum atomic E-state index is -5.11. The minimum Gasteiger partial charge on any atom is -0.318 e. The van der Waals surface area contributed by atoms with Gasteiger partial charge in [0.25, 0.3) is 11.6 Å². The van der Waals surface area contributed by atoms with E-state index in [0.29, 0.717) is 30.6 Å². The number of urea groups is 1. The van der Waals surface area contributed by atoms with E-state index in [0.717, 1.165) is 0 Å². The van der Waals surface area contributed by atoms with Gasteiger partial charge in [0.2, 0.25) is 5.91 Å². The number of carbonyl (C=O) groups excluding carboxylic acids is 3. The number of amides is 4. The number of carbonyl (C=O) groups is 3. The monoisotopic (exact) mass is 307 g/mol. The second kappa shape index (κ2) is 5.19. The van der Waals surface area contributed by atoms with Gasteiger partial charge in [-0.05, 0) is 19.3 Å². The van der Waals surface area contributed by atoms with Crippen LogP contribution in [0.25, 0.3) is 0 Å². The van der Waals surface area contributed by atoms with Gasteiger partial charge in [-0.15, -0.1) is 0 Å². The zero-order valence-electron chi connectivity index (χ0n) is 11.4. The Morgan fingerprint density at radius 1 is 1.43 bits per heavy atom. The van der Waals surface area contributed by atoms with Crippen LogP contribution < -0.4 is 10.6 Å². The van der Waals surface area contributed by atoms with E-state index in [4.69, 9.17) is 0 Å². The summed E-state index contributed by atoms with van der Waals surface area (Å²) in [6.45, 7) is 1.67. The van der Waals surface area contributed by atoms with Crippen molar-refractivity contribution in [2.45, 2.75) is 44.4 Å². The maximum absolute atomic E-state index is 13.3. The van der Waals surface area contributed by atoms with Crippen LogP contribution in [0.5, 0.6) is 0 Å². The molecule has 2 rings (SSSR count). The number of nitrogens with one attached hydrogen (secondary N) is 2. The highest BCUT2D eigenvalue weighted by molar-refractivity contribution is 6.09. The fourth-order valence-electron chi connectivity index (χ4n) is 2.08. The molecular weight excluding hydrogens is 291 g/mol. The number of halogens is 3. The van der Waals surface area contributed by atoms with Crippen molar-refractivity contribution in [3.63, 3.8) is 0 Å². The lowest BCUT2D eigenvalue weighted by molar-refractivity contribution is -0.204. The van der Waals surface area contributed by atoms with Crippen LogP contribution >= 0.6 is 0 Å². The summed E-state index contributed by atoms with van der Waals surface area (Å²) in [5, 5.41) is 3.30. The Morgan fingerprint density at radius 3 is 2.52 bits per heavy atom. The summed E-state index contributed by atoms with van der Waals surface area (Å²) in [6, 6.07) is -1.14. The lowest BCUT2D eigenvalue weighted by atomic mass is 10.1. The number of hydrogen-bond donors (Lipinski definition) is 2. The molecular formula is C12H16F3N3O3. The first-order chi connectivity index (χ1) is 9.73. The van der Waals surface area contributed by atoms with Gasteiger partial charge in [0.05, 0.1) is 0 Å². The second-order valence-electron chi connectivity index (χ2n) is 5.25. The maximum Gasteiger partial charge on any atom is 0.440 e. The van der Waals surface area contributed by atoms with Crippen molar-refractivity contribution in [3.8, 4) is 0 Å². The molecule has 6 nitrogen and oxygen atoms in total. The predicted octanol–water partition coefficient (Wildman–Crippen LogP) is 1.12. The maximum atomic E-state index is 13.3. The molecule has 0 aromatic heterocycles. The van der Waals surface area contributed by atoms with Crippen molar-refractivity contribution in [1.29, 1.82) is 0 Å². The molecule has 118 valence electrons. The van der Waals surface area contributed by atoms with Gasteiger partial charge in [-0.25, -0.2) is 4.79 Å². The Hall–Kier alpha value is -1.80. The highest BCUT2D eigenvalue weighted by atomic mass is 19.4. The standard InChI is InChI=1S/C12H16F3N3O3/c1-2-3-6-18-9(20)11(12(13,14)15,17-10(18)21)16-8(19)7-4-5-7/h7H,2-6H2,1H3,(H,16,19)(H,17,21)/t11-/m1/s1. The number of imide groups is 1. The van der Waals surface area contributed by atoms with E-state index < -0.39 is 35.6 Å². The van der Waals surface area contributed by atoms with Crippen molar-refractivity contribution in [2.75, 3.05) is 6.54 Å². The van der Waals surface area contributed by atoms with Crippen LogP contribution in [-0.2, 0) is 9.59 Å². The lowest BCUT2D eigenvalue weighted by Crippen LogP contribution is -2.69. The molecule has 2 N–H and O–H groups in total. The van der Waals surface area contributed by atoms with E-state index in [1.165, 1.54) is 0 Å². The molecule has 1 aliphatic heterocycles. The highest BCUT2D eigenvalue weighted by Gasteiger charge is 2.69. The van der Waals surface area contributed by atoms with Gasteiger partial charge in [0.15, 0.2) is 0 Å². The highest BCUT2D eigenvalue weighted by Crippen LogP contribution is 2.36. The van der Waals surface area contributed by atoms with Crippen molar-refractivity contribution >= 4 is 17.8 Å². The molecule has 1 aliphatic carbocycles. The molecule has 1 atom stereocenters. The van der Waals surface area contributed by atoms with Gasteiger partial charge in [-0.3, -0.25) is 19.8 Å². The van der Waals surface area contributed by atoms with Crippen molar-refractivity contribution in [2.24, 2.45) is 5.92 Å². The van der Waals surface area contributed by atoms with Crippen LogP contribution in [0.2, 0.25) is 0 Å². The van der Waals surface area contributed by atoms with Crippen LogP contribution in [0.3, 0.4) is 0 Å². The summed E-state index contributed by atoms with van der Waals surface area (Å²) in [4.78, 5) is 35.9. The van der Waals surface area contributed by atoms with Gasteiger partial charge in [-0.1, -0.05) is 13.3 Å². The quantitative estimate of drug-likeness (QED) is 0.747. The van der Waals surface area contributed by atoms with Crippen LogP contribution in [0.4, 0.5) is 18.0 Å². The van der Waals surface area contributed by atoms with Crippen LogP contribution in [0.1, 0.15) is 32.6 Å². The Kier molecular flexibility index (Phi) is 3.85. The molecule has 1 saturated heterocycles. The summed E-state index contributed by atoms with van der Waals surface area (Å²) in [5.74, 6) is -2.85. The fourth-order valence-corrected chi connectivity index (χ4v) is 2.08. The first-order valence-corrected chi connectivity index (χ1v) is 6.76. The first-order valence-electron chi connectivity index (χ1n) is 6.76. The number of unbranched alkanes of at least 4 members (excludes halogenated alkanes) is 1. The molecule has 0 spiro atoms. The van der Waals surface area contributed by atoms with E-state index >= 15 is 0 Å². The number of nitrogens with zero attached hydrogens (tertiary/aromatic N) is 1. The van der Waals surface area contributed by atoms with E-state index in [9.17, 15) is 27.6 Å². The molecule has 0 bridgehead atoms. The summed E-state index contributed by atoms with van der Waals surface area (Å²) in [7, 11) is 0. The predicted molar refractivity (Wildman–Crippen MR) is 64.8 cm³/mol. The molecule has 0 aromatic rings. The van der Waals surface area contributed by atoms with Crippen LogP contribution in [0.15, 0.2) is 0 Å². The van der Waals surface area contributed by atoms with Gasteiger partial charge in [-0.2, -0.15) is 13.2 Å². The minimum absolute atomic E-state index is 0.113. The second-order valence-corrected chi connectivity index (χ2v) is 5.25. The summed E-state index contributed by atoms with van der Waals surface area (Å²) in [5.41, 5.74) is -3.34. The summed E-state index contributed by atoms with van der Waals surface area (Å²) < 4.78 is 39.9. The van der Waals surface area contributed by atoms with Crippen molar-refractivity contribution < 1.29 is 27.6 Å². The fraction of sp³-hybridized carbons (Fsp3) is 0.750. The lowest BCUT2D eigenvalue weighted by Gasteiger charge is -2.29. The van der Waals surface area contributed by atoms with E-state index in [1.807, 2.05) is 0 Å². The van der Waals surface area contributed by atoms with Crippen LogP contribution in [-0.4, -0.2) is 41.1 Å². The molecule has 1 saturated carbocycles. The molecule has 9 heteroatoms. The first kappa shape index (κ1) is 15.6. The van der Waals surface area contributed by atoms with Gasteiger partial charge >= 0.3 is 12.2 Å². The largest absolute Gasteiger partial charge is 0.440 e. The Morgan fingerprint density at radius 2 is 2.05 bits per heavy atom. The Balaban J connectivity index is 2.26. The molecule has 2 fully saturated rings. The Labute approximate surface area is 119 Å². The molecule has 2 aliphatic rings. The topological polar surface area (TPSA) is 78.5 Å². The molecule has 0 aromatic carbocycles. The van der Waals surface area contributed by atoms with E-state index in [1.54, 1.807) is 17.6 Å². The SMILES string of the molecule is CCCCN1C(=O)N[C@@](NC(=O)C2CC2)(C(F)(F)F)C1=O. The third-order valence-corrected chi connectivity index (χ3v) is 3.52. The molecule has 4 amide bonds. The van der Waals surface area contributed by atoms with Crippen molar-refractivity contribution in [3.05, 3.63) is 0 Å². The van der Waals surface area contributed by atoms with Gasteiger partial charge in [0.1, 0.15) is 0 Å². The summed E-state index contributed by atoms with van der Waals surface area (Å²) in [6.07, 6.45) is -3.12. The van der Waals surface area contributed by atoms with E-state index in [-0.39, 0.29) is 6.54 Å². The molecule has 21 heavy (non-hydrogen) atoms. The van der Waals surface area contributed by atoms with Crippen molar-refractivity contribution in [1.82, 2.24) is 15.5 Å². The normalized spacial score (nSPS) is 26.0. The number of hydrogen-bond acceptors (Lipinski definition) is 3. The average Bonchev–Trinajstić information content (AvgIpc) is 3.17. The van der Waals surface area contributed by atoms with Gasteiger partial charge < -0.3 is 5.32 Å². The third-order valence-electron chi connectivity index (χ3n) is 3.52. The molecule has 0 radical (unpaired) electrons. The number of alkyl halides is 3. The zero-order valence-corrected chi connectivity index (χ0v) is 11.4. The van der Waals surface area contributed by atoms with Gasteiger partial charge in [0, 0.05) is 12.5 Å². The zero-order chi connectivity index (χ0) is 15.8. The Bertz CT molecular complexity index is 476. The smallest absolute Gasteiger partial charge is 0.318 e. The number of rotatable bonds is 5. The third kappa shape index (κ3) is 2.68. The molecule has 1 heterocycles. The van der Waals surface area contributed by atoms with E-state index in [2.05, 4.69) is 0 Å².